The third kappa shape index (κ3) is 4.16. The lowest BCUT2D eigenvalue weighted by Gasteiger charge is -2.38. The molecule has 1 aromatic heterocycles. The quantitative estimate of drug-likeness (QED) is 0.595. The van der Waals surface area contributed by atoms with Crippen LogP contribution in [0.15, 0.2) is 47.0 Å². The van der Waals surface area contributed by atoms with Gasteiger partial charge in [0.1, 0.15) is 0 Å². The fraction of sp³-hybridized carbons (Fsp3) is 0.385. The minimum absolute atomic E-state index is 0.0335. The number of hydrogen-bond acceptors (Lipinski definition) is 6. The molecule has 5 rings (SSSR count). The number of nitrogens with zero attached hydrogens (tertiary/aromatic N) is 5. The summed E-state index contributed by atoms with van der Waals surface area (Å²) in [6.45, 7) is 9.34. The van der Waals surface area contributed by atoms with Crippen molar-refractivity contribution in [1.82, 2.24) is 15.0 Å². The number of aromatic nitrogens is 2. The molecule has 8 heteroatoms. The molecular weight excluding hydrogens is 430 g/mol. The zero-order valence-electron chi connectivity index (χ0n) is 19.8. The number of amides is 2. The molecule has 2 saturated heterocycles. The molecular formula is C26H29N5O3. The first-order valence-electron chi connectivity index (χ1n) is 11.7. The Bertz CT molecular complexity index is 1230. The van der Waals surface area contributed by atoms with Gasteiger partial charge in [-0.25, -0.2) is 0 Å². The molecule has 2 aliphatic rings. The summed E-state index contributed by atoms with van der Waals surface area (Å²) >= 11 is 0. The van der Waals surface area contributed by atoms with Crippen LogP contribution in [0.4, 0.5) is 11.4 Å². The molecule has 3 aromatic rings. The van der Waals surface area contributed by atoms with Gasteiger partial charge in [0, 0.05) is 63.0 Å². The van der Waals surface area contributed by atoms with Gasteiger partial charge in [-0.1, -0.05) is 29.4 Å². The first-order valence-corrected chi connectivity index (χ1v) is 11.7. The second-order valence-electron chi connectivity index (χ2n) is 9.12. The number of carbonyl (C=O) groups is 2. The molecule has 2 aliphatic heterocycles. The van der Waals surface area contributed by atoms with E-state index in [1.807, 2.05) is 29.2 Å². The highest BCUT2D eigenvalue weighted by Gasteiger charge is 2.38. The van der Waals surface area contributed by atoms with Crippen LogP contribution in [-0.4, -0.2) is 59.6 Å². The summed E-state index contributed by atoms with van der Waals surface area (Å²) in [4.78, 5) is 36.3. The number of anilines is 2. The first-order chi connectivity index (χ1) is 16.4. The smallest absolute Gasteiger partial charge is 0.228 e. The maximum atomic E-state index is 13.3. The van der Waals surface area contributed by atoms with Gasteiger partial charge in [0.15, 0.2) is 0 Å². The molecule has 0 aliphatic carbocycles. The van der Waals surface area contributed by atoms with Gasteiger partial charge in [0.25, 0.3) is 0 Å². The lowest BCUT2D eigenvalue weighted by Crippen LogP contribution is -2.51. The number of aryl methyl sites for hydroxylation is 2. The third-order valence-corrected chi connectivity index (χ3v) is 6.93. The van der Waals surface area contributed by atoms with Crippen LogP contribution in [0.5, 0.6) is 0 Å². The Kier molecular flexibility index (Phi) is 5.81. The van der Waals surface area contributed by atoms with Crippen LogP contribution in [0, 0.1) is 26.7 Å². The molecule has 0 bridgehead atoms. The highest BCUT2D eigenvalue weighted by atomic mass is 16.5. The number of piperazine rings is 1. The fourth-order valence-electron chi connectivity index (χ4n) is 4.86. The van der Waals surface area contributed by atoms with Gasteiger partial charge < -0.3 is 19.2 Å². The lowest BCUT2D eigenvalue weighted by atomic mass is 10.1. The van der Waals surface area contributed by atoms with Crippen LogP contribution in [0.1, 0.15) is 23.4 Å². The topological polar surface area (TPSA) is 82.8 Å². The van der Waals surface area contributed by atoms with E-state index in [2.05, 4.69) is 47.1 Å². The summed E-state index contributed by atoms with van der Waals surface area (Å²) in [6.07, 6.45) is 0.238. The molecule has 2 amide bonds. The molecule has 0 radical (unpaired) electrons. The van der Waals surface area contributed by atoms with Crippen molar-refractivity contribution < 1.29 is 14.1 Å². The molecule has 0 N–H and O–H groups in total. The minimum Gasteiger partial charge on any atom is -0.368 e. The van der Waals surface area contributed by atoms with Crippen molar-refractivity contribution in [3.05, 3.63) is 59.5 Å². The van der Waals surface area contributed by atoms with Crippen molar-refractivity contribution in [1.29, 1.82) is 0 Å². The van der Waals surface area contributed by atoms with E-state index in [0.29, 0.717) is 31.3 Å². The highest BCUT2D eigenvalue weighted by molar-refractivity contribution is 6.00. The zero-order chi connectivity index (χ0) is 23.8. The summed E-state index contributed by atoms with van der Waals surface area (Å²) in [7, 11) is 0. The zero-order valence-corrected chi connectivity index (χ0v) is 19.8. The lowest BCUT2D eigenvalue weighted by molar-refractivity contribution is -0.136. The molecule has 2 fully saturated rings. The summed E-state index contributed by atoms with van der Waals surface area (Å²) < 4.78 is 5.07. The molecule has 2 aromatic carbocycles. The number of hydrogen-bond donors (Lipinski definition) is 0. The predicted octanol–water partition coefficient (Wildman–Crippen LogP) is 3.36. The Hall–Kier alpha value is -3.68. The molecule has 3 heterocycles. The van der Waals surface area contributed by atoms with E-state index in [4.69, 9.17) is 4.52 Å². The van der Waals surface area contributed by atoms with E-state index in [1.165, 1.54) is 16.8 Å². The Morgan fingerprint density at radius 1 is 1.03 bits per heavy atom. The van der Waals surface area contributed by atoms with Gasteiger partial charge in [0.05, 0.1) is 5.92 Å². The summed E-state index contributed by atoms with van der Waals surface area (Å²) in [5, 5.41) is 3.96. The Morgan fingerprint density at radius 3 is 2.53 bits per heavy atom. The van der Waals surface area contributed by atoms with Crippen molar-refractivity contribution in [3.63, 3.8) is 0 Å². The second-order valence-corrected chi connectivity index (χ2v) is 9.12. The van der Waals surface area contributed by atoms with Gasteiger partial charge in [-0.15, -0.1) is 0 Å². The van der Waals surface area contributed by atoms with Crippen molar-refractivity contribution in [2.75, 3.05) is 42.5 Å². The Labute approximate surface area is 199 Å². The van der Waals surface area contributed by atoms with Crippen LogP contribution in [0.2, 0.25) is 0 Å². The molecule has 0 unspecified atom stereocenters. The van der Waals surface area contributed by atoms with Crippen molar-refractivity contribution in [3.8, 4) is 11.4 Å². The normalized spacial score (nSPS) is 18.6. The van der Waals surface area contributed by atoms with Gasteiger partial charge in [-0.05, 0) is 43.2 Å². The van der Waals surface area contributed by atoms with Gasteiger partial charge >= 0.3 is 0 Å². The van der Waals surface area contributed by atoms with E-state index >= 15 is 0 Å². The van der Waals surface area contributed by atoms with E-state index in [0.717, 1.165) is 24.3 Å². The van der Waals surface area contributed by atoms with Gasteiger partial charge in [-0.2, -0.15) is 4.98 Å². The van der Waals surface area contributed by atoms with Crippen LogP contribution >= 0.6 is 0 Å². The monoisotopic (exact) mass is 459 g/mol. The second kappa shape index (κ2) is 8.93. The average molecular weight is 460 g/mol. The van der Waals surface area contributed by atoms with Gasteiger partial charge in [0.2, 0.25) is 23.5 Å². The van der Waals surface area contributed by atoms with Crippen molar-refractivity contribution in [2.45, 2.75) is 27.2 Å². The predicted molar refractivity (Wildman–Crippen MR) is 130 cm³/mol. The summed E-state index contributed by atoms with van der Waals surface area (Å²) in [5.41, 5.74) is 5.34. The fourth-order valence-corrected chi connectivity index (χ4v) is 4.86. The largest absolute Gasteiger partial charge is 0.368 e. The Balaban J connectivity index is 1.24. The number of benzene rings is 2. The first kappa shape index (κ1) is 22.1. The van der Waals surface area contributed by atoms with Crippen LogP contribution in [0.3, 0.4) is 0 Å². The number of rotatable bonds is 4. The Morgan fingerprint density at radius 2 is 1.79 bits per heavy atom. The molecule has 0 saturated carbocycles. The average Bonchev–Trinajstić information content (AvgIpc) is 3.46. The number of carbonyl (C=O) groups excluding carboxylic acids is 2. The summed E-state index contributed by atoms with van der Waals surface area (Å²) in [6, 6.07) is 13.9. The van der Waals surface area contributed by atoms with Crippen molar-refractivity contribution >= 4 is 23.2 Å². The van der Waals surface area contributed by atoms with Crippen LogP contribution in [0.25, 0.3) is 11.4 Å². The molecule has 8 nitrogen and oxygen atoms in total. The maximum Gasteiger partial charge on any atom is 0.228 e. The van der Waals surface area contributed by atoms with E-state index < -0.39 is 0 Å². The minimum atomic E-state index is -0.323. The highest BCUT2D eigenvalue weighted by Crippen LogP contribution is 2.30. The van der Waals surface area contributed by atoms with Crippen molar-refractivity contribution in [2.24, 2.45) is 5.92 Å². The summed E-state index contributed by atoms with van der Waals surface area (Å²) in [5.74, 6) is 0.687. The maximum absolute atomic E-state index is 13.3. The van der Waals surface area contributed by atoms with E-state index in [9.17, 15) is 9.59 Å². The molecule has 0 spiro atoms. The van der Waals surface area contributed by atoms with Gasteiger partial charge in [-0.3, -0.25) is 9.59 Å². The van der Waals surface area contributed by atoms with Crippen LogP contribution < -0.4 is 9.80 Å². The van der Waals surface area contributed by atoms with Crippen LogP contribution in [-0.2, 0) is 9.59 Å². The molecule has 34 heavy (non-hydrogen) atoms. The molecule has 176 valence electrons. The van der Waals surface area contributed by atoms with E-state index in [-0.39, 0.29) is 24.2 Å². The standard InChI is InChI=1S/C26H29N5O3/c1-17-6-4-9-23(18(17)2)29-10-12-30(13-11-29)26(33)21-15-24(32)31(16-21)22-8-5-7-20(14-22)25-27-19(3)34-28-25/h4-9,14,21H,10-13,15-16H2,1-3H3/t21-/m1/s1. The third-order valence-electron chi connectivity index (χ3n) is 6.93. The SMILES string of the molecule is Cc1nc(-c2cccc(N3C[C@H](C(=O)N4CCN(c5cccc(C)c5C)CC4)CC3=O)c2)no1. The molecule has 1 atom stereocenters. The van der Waals surface area contributed by atoms with E-state index in [1.54, 1.807) is 11.8 Å².